The highest BCUT2D eigenvalue weighted by Crippen LogP contribution is 2.13. The fourth-order valence-corrected chi connectivity index (χ4v) is 1.74. The Morgan fingerprint density at radius 2 is 2.10 bits per heavy atom. The molecule has 6 nitrogen and oxygen atoms in total. The van der Waals surface area contributed by atoms with Gasteiger partial charge < -0.3 is 4.90 Å². The number of ketones is 1. The highest BCUT2D eigenvalue weighted by atomic mass is 16.1. The first-order valence-electron chi connectivity index (χ1n) is 6.75. The lowest BCUT2D eigenvalue weighted by Crippen LogP contribution is -2.26. The predicted molar refractivity (Wildman–Crippen MR) is 82.1 cm³/mol. The van der Waals surface area contributed by atoms with E-state index in [-0.39, 0.29) is 5.78 Å². The van der Waals surface area contributed by atoms with Crippen molar-refractivity contribution in [3.05, 3.63) is 41.9 Å². The summed E-state index contributed by atoms with van der Waals surface area (Å²) in [6.07, 6.45) is 6.44. The van der Waals surface area contributed by atoms with Gasteiger partial charge in [-0.1, -0.05) is 5.21 Å². The summed E-state index contributed by atoms with van der Waals surface area (Å²) in [7, 11) is 3.69. The molecule has 110 valence electrons. The molecule has 2 aromatic heterocycles. The lowest BCUT2D eigenvalue weighted by atomic mass is 10.2. The number of rotatable bonds is 5. The van der Waals surface area contributed by atoms with E-state index in [4.69, 9.17) is 0 Å². The van der Waals surface area contributed by atoms with Gasteiger partial charge in [0.25, 0.3) is 0 Å². The van der Waals surface area contributed by atoms with Crippen LogP contribution in [0.4, 0.5) is 5.82 Å². The van der Waals surface area contributed by atoms with Crippen LogP contribution in [0.25, 0.3) is 6.08 Å². The lowest BCUT2D eigenvalue weighted by Gasteiger charge is -2.22. The number of anilines is 1. The molecule has 0 aliphatic heterocycles. The van der Waals surface area contributed by atoms with E-state index < -0.39 is 0 Å². The Morgan fingerprint density at radius 3 is 2.62 bits per heavy atom. The maximum atomic E-state index is 11.9. The maximum absolute atomic E-state index is 11.9. The van der Waals surface area contributed by atoms with Crippen molar-refractivity contribution >= 4 is 17.7 Å². The first-order chi connectivity index (χ1) is 9.99. The summed E-state index contributed by atoms with van der Waals surface area (Å²) in [6, 6.07) is 4.26. The Labute approximate surface area is 124 Å². The molecule has 0 saturated carbocycles. The number of hydrogen-bond donors (Lipinski definition) is 0. The van der Waals surface area contributed by atoms with Crippen molar-refractivity contribution in [2.24, 2.45) is 7.05 Å². The normalized spacial score (nSPS) is 11.3. The van der Waals surface area contributed by atoms with Crippen LogP contribution in [0.3, 0.4) is 0 Å². The Bertz CT molecular complexity index is 642. The number of aryl methyl sites for hydroxylation is 1. The van der Waals surface area contributed by atoms with Gasteiger partial charge >= 0.3 is 0 Å². The molecule has 0 amide bonds. The average Bonchev–Trinajstić information content (AvgIpc) is 2.90. The van der Waals surface area contributed by atoms with E-state index in [0.29, 0.717) is 11.7 Å². The van der Waals surface area contributed by atoms with E-state index in [0.717, 1.165) is 11.4 Å². The lowest BCUT2D eigenvalue weighted by molar-refractivity contribution is 0.103. The first kappa shape index (κ1) is 14.9. The second kappa shape index (κ2) is 6.30. The molecule has 2 heterocycles. The summed E-state index contributed by atoms with van der Waals surface area (Å²) >= 11 is 0. The molecule has 2 rings (SSSR count). The molecule has 0 N–H and O–H groups in total. The Hall–Kier alpha value is -2.50. The van der Waals surface area contributed by atoms with E-state index in [1.807, 2.05) is 19.2 Å². The van der Waals surface area contributed by atoms with Crippen LogP contribution < -0.4 is 4.90 Å². The van der Waals surface area contributed by atoms with Crippen LogP contribution >= 0.6 is 0 Å². The van der Waals surface area contributed by atoms with Crippen LogP contribution in [0, 0.1) is 0 Å². The molecule has 0 saturated heterocycles. The highest BCUT2D eigenvalue weighted by Gasteiger charge is 2.08. The van der Waals surface area contributed by atoms with Gasteiger partial charge in [0, 0.05) is 26.3 Å². The number of carbonyl (C=O) groups is 1. The van der Waals surface area contributed by atoms with Crippen molar-refractivity contribution in [3.8, 4) is 0 Å². The molecule has 0 unspecified atom stereocenters. The minimum absolute atomic E-state index is 0.133. The van der Waals surface area contributed by atoms with Gasteiger partial charge in [-0.15, -0.1) is 5.10 Å². The third-order valence-corrected chi connectivity index (χ3v) is 3.30. The second-order valence-electron chi connectivity index (χ2n) is 5.09. The van der Waals surface area contributed by atoms with Gasteiger partial charge in [-0.25, -0.2) is 9.67 Å². The minimum Gasteiger partial charge on any atom is -0.357 e. The van der Waals surface area contributed by atoms with Gasteiger partial charge in [-0.05, 0) is 43.7 Å². The monoisotopic (exact) mass is 285 g/mol. The number of nitrogens with zero attached hydrogens (tertiary/aromatic N) is 5. The molecule has 0 spiro atoms. The third kappa shape index (κ3) is 3.53. The van der Waals surface area contributed by atoms with Crippen LogP contribution in [0.1, 0.15) is 29.9 Å². The average molecular weight is 285 g/mol. The molecule has 0 bridgehead atoms. The first-order valence-corrected chi connectivity index (χ1v) is 6.75. The molecule has 0 aliphatic carbocycles. The number of aromatic nitrogens is 4. The van der Waals surface area contributed by atoms with Crippen LogP contribution in [0.2, 0.25) is 0 Å². The topological polar surface area (TPSA) is 63.9 Å². The quantitative estimate of drug-likeness (QED) is 0.620. The maximum Gasteiger partial charge on any atom is 0.205 e. The zero-order valence-electron chi connectivity index (χ0n) is 12.7. The molecular weight excluding hydrogens is 266 g/mol. The number of hydrogen-bond acceptors (Lipinski definition) is 5. The van der Waals surface area contributed by atoms with E-state index >= 15 is 0 Å². The standard InChI is InChI=1S/C15H19N5O/c1-11(2)19(3)15-8-6-12(9-16-15)5-7-14(21)13-10-17-18-20(13)4/h5-11H,1-4H3. The fourth-order valence-electron chi connectivity index (χ4n) is 1.74. The third-order valence-electron chi connectivity index (χ3n) is 3.30. The van der Waals surface area contributed by atoms with Gasteiger partial charge in [-0.3, -0.25) is 4.79 Å². The van der Waals surface area contributed by atoms with Gasteiger partial charge in [0.2, 0.25) is 5.78 Å². The zero-order chi connectivity index (χ0) is 15.4. The van der Waals surface area contributed by atoms with Crippen molar-refractivity contribution in [1.29, 1.82) is 0 Å². The van der Waals surface area contributed by atoms with Crippen LogP contribution in [-0.2, 0) is 7.05 Å². The molecule has 21 heavy (non-hydrogen) atoms. The van der Waals surface area contributed by atoms with Gasteiger partial charge in [0.1, 0.15) is 11.5 Å². The molecule has 0 aromatic carbocycles. The Morgan fingerprint density at radius 1 is 1.33 bits per heavy atom. The van der Waals surface area contributed by atoms with Crippen LogP contribution in [-0.4, -0.2) is 38.9 Å². The predicted octanol–water partition coefficient (Wildman–Crippen LogP) is 1.95. The zero-order valence-corrected chi connectivity index (χ0v) is 12.7. The number of allylic oxidation sites excluding steroid dienone is 1. The summed E-state index contributed by atoms with van der Waals surface area (Å²) in [4.78, 5) is 18.4. The summed E-state index contributed by atoms with van der Waals surface area (Å²) in [5, 5.41) is 7.42. The largest absolute Gasteiger partial charge is 0.357 e. The summed E-state index contributed by atoms with van der Waals surface area (Å²) in [6.45, 7) is 4.21. The second-order valence-corrected chi connectivity index (χ2v) is 5.09. The van der Waals surface area contributed by atoms with Crippen molar-refractivity contribution in [1.82, 2.24) is 20.0 Å². The van der Waals surface area contributed by atoms with Crippen molar-refractivity contribution in [2.75, 3.05) is 11.9 Å². The SMILES string of the molecule is CC(C)N(C)c1ccc(C=CC(=O)c2cnnn2C)cn1. The molecule has 2 aromatic rings. The molecule has 0 atom stereocenters. The molecule has 0 radical (unpaired) electrons. The van der Waals surface area contributed by atoms with E-state index in [2.05, 4.69) is 34.0 Å². The van der Waals surface area contributed by atoms with Crippen molar-refractivity contribution in [3.63, 3.8) is 0 Å². The molecular formula is C15H19N5O. The number of pyridine rings is 1. The van der Waals surface area contributed by atoms with Crippen LogP contribution in [0.5, 0.6) is 0 Å². The van der Waals surface area contributed by atoms with Crippen LogP contribution in [0.15, 0.2) is 30.6 Å². The summed E-state index contributed by atoms with van der Waals surface area (Å²) in [5.41, 5.74) is 1.33. The summed E-state index contributed by atoms with van der Waals surface area (Å²) < 4.78 is 1.45. The van der Waals surface area contributed by atoms with Crippen molar-refractivity contribution < 1.29 is 4.79 Å². The molecule has 0 fully saturated rings. The van der Waals surface area contributed by atoms with Gasteiger partial charge in [0.05, 0.1) is 6.20 Å². The van der Waals surface area contributed by atoms with E-state index in [1.165, 1.54) is 17.0 Å². The molecule has 6 heteroatoms. The summed E-state index contributed by atoms with van der Waals surface area (Å²) in [5.74, 6) is 0.773. The van der Waals surface area contributed by atoms with Gasteiger partial charge in [0.15, 0.2) is 0 Å². The number of carbonyl (C=O) groups excluding carboxylic acids is 1. The minimum atomic E-state index is -0.133. The Kier molecular flexibility index (Phi) is 4.47. The highest BCUT2D eigenvalue weighted by molar-refractivity contribution is 6.05. The smallest absolute Gasteiger partial charge is 0.205 e. The van der Waals surface area contributed by atoms with Gasteiger partial charge in [-0.2, -0.15) is 0 Å². The fraction of sp³-hybridized carbons (Fsp3) is 0.333. The van der Waals surface area contributed by atoms with Crippen molar-refractivity contribution in [2.45, 2.75) is 19.9 Å². The van der Waals surface area contributed by atoms with E-state index in [9.17, 15) is 4.79 Å². The Balaban J connectivity index is 2.08. The van der Waals surface area contributed by atoms with E-state index in [1.54, 1.807) is 19.3 Å². The molecule has 0 aliphatic rings.